The third-order valence-electron chi connectivity index (χ3n) is 2.99. The molecule has 0 bridgehead atoms. The van der Waals surface area contributed by atoms with Gasteiger partial charge in [0.15, 0.2) is 0 Å². The summed E-state index contributed by atoms with van der Waals surface area (Å²) in [5.74, 6) is 0. The van der Waals surface area contributed by atoms with Gasteiger partial charge in [0.1, 0.15) is 5.60 Å². The lowest BCUT2D eigenvalue weighted by Gasteiger charge is -2.39. The van der Waals surface area contributed by atoms with Gasteiger partial charge in [-0.05, 0) is 34.6 Å². The van der Waals surface area contributed by atoms with Crippen LogP contribution in [0.1, 0.15) is 34.6 Å². The number of allylic oxidation sites excluding steroid dienone is 1. The zero-order valence-corrected chi connectivity index (χ0v) is 12.3. The van der Waals surface area contributed by atoms with Crippen LogP contribution >= 0.6 is 0 Å². The normalized spacial score (nSPS) is 22.5. The molecule has 1 unspecified atom stereocenters. The Balaban J connectivity index is 2.47. The molecule has 0 saturated carbocycles. The lowest BCUT2D eigenvalue weighted by Crippen LogP contribution is -2.54. The second kappa shape index (κ2) is 6.23. The summed E-state index contributed by atoms with van der Waals surface area (Å²) in [5.41, 5.74) is -0.414. The number of piperazine rings is 1. The van der Waals surface area contributed by atoms with Gasteiger partial charge in [0, 0.05) is 32.2 Å². The molecular weight excluding hydrogens is 228 g/mol. The van der Waals surface area contributed by atoms with Gasteiger partial charge in [-0.2, -0.15) is 0 Å². The minimum Gasteiger partial charge on any atom is -0.444 e. The first-order valence-corrected chi connectivity index (χ1v) is 6.66. The van der Waals surface area contributed by atoms with E-state index >= 15 is 0 Å². The number of carbonyl (C=O) groups excluding carboxylic acids is 1. The second-order valence-electron chi connectivity index (χ2n) is 5.84. The highest BCUT2D eigenvalue weighted by Crippen LogP contribution is 2.14. The topological polar surface area (TPSA) is 32.8 Å². The average Bonchev–Trinajstić information content (AvgIpc) is 2.25. The molecule has 0 aromatic rings. The van der Waals surface area contributed by atoms with Crippen LogP contribution in [-0.4, -0.2) is 53.7 Å². The van der Waals surface area contributed by atoms with Gasteiger partial charge in [-0.3, -0.25) is 4.90 Å². The van der Waals surface area contributed by atoms with Crippen molar-refractivity contribution in [2.24, 2.45) is 0 Å². The van der Waals surface area contributed by atoms with Crippen molar-refractivity contribution in [2.75, 3.05) is 26.2 Å². The Morgan fingerprint density at radius 3 is 2.56 bits per heavy atom. The molecule has 18 heavy (non-hydrogen) atoms. The van der Waals surface area contributed by atoms with Crippen LogP contribution in [0.15, 0.2) is 12.2 Å². The fourth-order valence-electron chi connectivity index (χ4n) is 2.00. The van der Waals surface area contributed by atoms with Crippen molar-refractivity contribution in [3.8, 4) is 0 Å². The molecule has 1 aliphatic rings. The van der Waals surface area contributed by atoms with Gasteiger partial charge in [0.05, 0.1) is 0 Å². The molecule has 1 fully saturated rings. The first-order chi connectivity index (χ1) is 8.33. The summed E-state index contributed by atoms with van der Waals surface area (Å²) in [6.07, 6.45) is 4.02. The highest BCUT2D eigenvalue weighted by atomic mass is 16.6. The highest BCUT2D eigenvalue weighted by molar-refractivity contribution is 5.68. The number of rotatable bonds is 2. The van der Waals surface area contributed by atoms with E-state index in [0.29, 0.717) is 6.04 Å². The molecule has 1 saturated heterocycles. The first kappa shape index (κ1) is 15.0. The molecule has 0 spiro atoms. The molecular formula is C14H26N2O2. The number of amides is 1. The number of ether oxygens (including phenoxy) is 1. The fourth-order valence-corrected chi connectivity index (χ4v) is 2.00. The van der Waals surface area contributed by atoms with E-state index < -0.39 is 5.60 Å². The smallest absolute Gasteiger partial charge is 0.410 e. The van der Waals surface area contributed by atoms with E-state index in [1.165, 1.54) is 0 Å². The molecule has 1 aliphatic heterocycles. The molecule has 1 atom stereocenters. The van der Waals surface area contributed by atoms with Crippen molar-refractivity contribution >= 4 is 6.09 Å². The van der Waals surface area contributed by atoms with Gasteiger partial charge < -0.3 is 9.64 Å². The fraction of sp³-hybridized carbons (Fsp3) is 0.786. The van der Waals surface area contributed by atoms with Crippen molar-refractivity contribution in [3.05, 3.63) is 12.2 Å². The van der Waals surface area contributed by atoms with Crippen molar-refractivity contribution in [1.82, 2.24) is 9.80 Å². The van der Waals surface area contributed by atoms with E-state index in [9.17, 15) is 4.79 Å². The van der Waals surface area contributed by atoms with Crippen molar-refractivity contribution in [2.45, 2.75) is 46.3 Å². The van der Waals surface area contributed by atoms with Crippen LogP contribution in [-0.2, 0) is 4.74 Å². The third kappa shape index (κ3) is 4.69. The maximum absolute atomic E-state index is 12.0. The van der Waals surface area contributed by atoms with Gasteiger partial charge in [-0.25, -0.2) is 4.79 Å². The molecule has 1 heterocycles. The molecule has 0 aliphatic carbocycles. The maximum atomic E-state index is 12.0. The van der Waals surface area contributed by atoms with Crippen molar-refractivity contribution in [1.29, 1.82) is 0 Å². The van der Waals surface area contributed by atoms with Crippen molar-refractivity contribution in [3.63, 3.8) is 0 Å². The summed E-state index contributed by atoms with van der Waals surface area (Å²) in [6.45, 7) is 13.2. The van der Waals surface area contributed by atoms with Gasteiger partial charge in [-0.15, -0.1) is 0 Å². The van der Waals surface area contributed by atoms with Gasteiger partial charge in [-0.1, -0.05) is 12.2 Å². The van der Waals surface area contributed by atoms with Gasteiger partial charge in [0.25, 0.3) is 0 Å². The predicted molar refractivity (Wildman–Crippen MR) is 73.7 cm³/mol. The van der Waals surface area contributed by atoms with E-state index in [4.69, 9.17) is 4.74 Å². The summed E-state index contributed by atoms with van der Waals surface area (Å²) in [6, 6.07) is 0.377. The van der Waals surface area contributed by atoms with Crippen LogP contribution in [0.4, 0.5) is 4.79 Å². The van der Waals surface area contributed by atoms with Crippen LogP contribution in [0.25, 0.3) is 0 Å². The number of carbonyl (C=O) groups is 1. The van der Waals surface area contributed by atoms with Crippen LogP contribution in [0.5, 0.6) is 0 Å². The predicted octanol–water partition coefficient (Wildman–Crippen LogP) is 2.50. The zero-order valence-electron chi connectivity index (χ0n) is 12.3. The standard InChI is InChI=1S/C14H26N2O2/c1-6-7-8-15-9-10-16(11-12(15)2)13(17)18-14(3,4)5/h6-7,12H,8-11H2,1-5H3. The summed E-state index contributed by atoms with van der Waals surface area (Å²) in [5, 5.41) is 0. The van der Waals surface area contributed by atoms with Crippen molar-refractivity contribution < 1.29 is 9.53 Å². The van der Waals surface area contributed by atoms with Gasteiger partial charge >= 0.3 is 6.09 Å². The third-order valence-corrected chi connectivity index (χ3v) is 2.99. The van der Waals surface area contributed by atoms with Gasteiger partial charge in [0.2, 0.25) is 0 Å². The highest BCUT2D eigenvalue weighted by Gasteiger charge is 2.28. The largest absolute Gasteiger partial charge is 0.444 e. The van der Waals surface area contributed by atoms with Crippen LogP contribution in [0, 0.1) is 0 Å². The molecule has 0 aromatic heterocycles. The Morgan fingerprint density at radius 2 is 2.06 bits per heavy atom. The second-order valence-corrected chi connectivity index (χ2v) is 5.84. The lowest BCUT2D eigenvalue weighted by atomic mass is 10.2. The molecule has 104 valence electrons. The molecule has 4 nitrogen and oxygen atoms in total. The molecule has 0 N–H and O–H groups in total. The van der Waals surface area contributed by atoms with E-state index in [-0.39, 0.29) is 6.09 Å². The first-order valence-electron chi connectivity index (χ1n) is 6.66. The van der Waals surface area contributed by atoms with Crippen LogP contribution < -0.4 is 0 Å². The molecule has 1 rings (SSSR count). The van der Waals surface area contributed by atoms with Crippen LogP contribution in [0.3, 0.4) is 0 Å². The number of hydrogen-bond acceptors (Lipinski definition) is 3. The van der Waals surface area contributed by atoms with E-state index in [1.807, 2.05) is 32.6 Å². The Morgan fingerprint density at radius 1 is 1.39 bits per heavy atom. The Labute approximate surface area is 111 Å². The summed E-state index contributed by atoms with van der Waals surface area (Å²) >= 11 is 0. The summed E-state index contributed by atoms with van der Waals surface area (Å²) in [7, 11) is 0. The maximum Gasteiger partial charge on any atom is 0.410 e. The molecule has 4 heteroatoms. The molecule has 0 aromatic carbocycles. The van der Waals surface area contributed by atoms with Crippen LogP contribution in [0.2, 0.25) is 0 Å². The zero-order chi connectivity index (χ0) is 13.8. The van der Waals surface area contributed by atoms with E-state index in [0.717, 1.165) is 26.2 Å². The average molecular weight is 254 g/mol. The minimum atomic E-state index is -0.414. The summed E-state index contributed by atoms with van der Waals surface area (Å²) in [4.78, 5) is 16.1. The van der Waals surface area contributed by atoms with E-state index in [2.05, 4.69) is 24.0 Å². The van der Waals surface area contributed by atoms with E-state index in [1.54, 1.807) is 0 Å². The quantitative estimate of drug-likeness (QED) is 0.710. The lowest BCUT2D eigenvalue weighted by molar-refractivity contribution is 0.00742. The molecule has 0 radical (unpaired) electrons. The SMILES string of the molecule is CC=CCN1CCN(C(=O)OC(C)(C)C)CC1C. The Bertz CT molecular complexity index is 307. The number of hydrogen-bond donors (Lipinski definition) is 0. The molecule has 1 amide bonds. The Kier molecular flexibility index (Phi) is 5.20. The minimum absolute atomic E-state index is 0.194. The monoisotopic (exact) mass is 254 g/mol. The Hall–Kier alpha value is -1.03. The number of nitrogens with zero attached hydrogens (tertiary/aromatic N) is 2. The summed E-state index contributed by atoms with van der Waals surface area (Å²) < 4.78 is 5.40.